The van der Waals surface area contributed by atoms with Gasteiger partial charge in [-0.3, -0.25) is 0 Å². The molecule has 0 N–H and O–H groups in total. The van der Waals surface area contributed by atoms with Gasteiger partial charge in [-0.1, -0.05) is 81.1 Å². The summed E-state index contributed by atoms with van der Waals surface area (Å²) >= 11 is 0. The van der Waals surface area contributed by atoms with Gasteiger partial charge < -0.3 is 4.57 Å². The van der Waals surface area contributed by atoms with Gasteiger partial charge in [0.25, 0.3) is 0 Å². The molecule has 130 valence electrons. The summed E-state index contributed by atoms with van der Waals surface area (Å²) in [6, 6.07) is 23.5. The molecule has 26 heavy (non-hydrogen) atoms. The lowest BCUT2D eigenvalue weighted by Crippen LogP contribution is -1.96. The van der Waals surface area contributed by atoms with Crippen LogP contribution in [0.1, 0.15) is 32.0 Å². The number of nitrogens with zero attached hydrogens (tertiary/aromatic N) is 1. The van der Waals surface area contributed by atoms with E-state index in [4.69, 9.17) is 0 Å². The minimum absolute atomic E-state index is 1.17. The van der Waals surface area contributed by atoms with Crippen molar-refractivity contribution in [3.05, 3.63) is 90.6 Å². The van der Waals surface area contributed by atoms with Crippen molar-refractivity contribution >= 4 is 33.8 Å². The molecule has 3 aromatic carbocycles. The molecule has 0 amide bonds. The highest BCUT2D eigenvalue weighted by molar-refractivity contribution is 6.12. The number of allylic oxidation sites excluding steroid dienone is 1. The maximum Gasteiger partial charge on any atom is 0.0547 e. The number of benzene rings is 3. The number of hydrogen-bond acceptors (Lipinski definition) is 0. The molecule has 0 aliphatic carbocycles. The van der Waals surface area contributed by atoms with E-state index >= 15 is 0 Å². The SMILES string of the molecule is C=Cc1c(/C=C\C)n(-c2ccccc2)c2ccc3ccccc3c12.CC. The second-order valence-corrected chi connectivity index (χ2v) is 5.85. The van der Waals surface area contributed by atoms with E-state index < -0.39 is 0 Å². The average molecular weight is 339 g/mol. The highest BCUT2D eigenvalue weighted by Gasteiger charge is 2.16. The molecular weight excluding hydrogens is 314 g/mol. The molecule has 1 heteroatoms. The number of fused-ring (bicyclic) bond motifs is 3. The van der Waals surface area contributed by atoms with Gasteiger partial charge in [-0.2, -0.15) is 0 Å². The largest absolute Gasteiger partial charge is 0.309 e. The zero-order valence-electron chi connectivity index (χ0n) is 15.7. The molecular formula is C25H25N. The molecule has 0 aliphatic heterocycles. The third kappa shape index (κ3) is 2.86. The molecule has 4 aromatic rings. The normalized spacial score (nSPS) is 10.9. The number of hydrogen-bond donors (Lipinski definition) is 0. The predicted molar refractivity (Wildman–Crippen MR) is 117 cm³/mol. The van der Waals surface area contributed by atoms with Crippen LogP contribution in [0.2, 0.25) is 0 Å². The summed E-state index contributed by atoms with van der Waals surface area (Å²) in [4.78, 5) is 0. The molecule has 0 atom stereocenters. The quantitative estimate of drug-likeness (QED) is 0.364. The van der Waals surface area contributed by atoms with Crippen LogP contribution in [0.3, 0.4) is 0 Å². The zero-order valence-corrected chi connectivity index (χ0v) is 15.7. The molecule has 1 aromatic heterocycles. The van der Waals surface area contributed by atoms with E-state index in [1.54, 1.807) is 0 Å². The fourth-order valence-corrected chi connectivity index (χ4v) is 3.49. The fraction of sp³-hybridized carbons (Fsp3) is 0.120. The Bertz CT molecular complexity index is 1070. The van der Waals surface area contributed by atoms with Crippen LogP contribution >= 0.6 is 0 Å². The van der Waals surface area contributed by atoms with Gasteiger partial charge in [0.05, 0.1) is 11.2 Å². The standard InChI is InChI=1S/C23H19N.C2H6/c1-3-10-21-19(4-2)23-20-14-9-8-11-17(20)15-16-22(23)24(21)18-12-6-5-7-13-18;1-2/h3-16H,2H2,1H3;1-2H3/b10-3-;. The van der Waals surface area contributed by atoms with Gasteiger partial charge >= 0.3 is 0 Å². The lowest BCUT2D eigenvalue weighted by atomic mass is 10.0. The summed E-state index contributed by atoms with van der Waals surface area (Å²) in [6.07, 6.45) is 6.23. The van der Waals surface area contributed by atoms with Crippen molar-refractivity contribution in [3.8, 4) is 5.69 Å². The molecule has 0 spiro atoms. The van der Waals surface area contributed by atoms with Crippen LogP contribution in [-0.2, 0) is 0 Å². The van der Waals surface area contributed by atoms with Crippen LogP contribution in [0.5, 0.6) is 0 Å². The first-order valence-corrected chi connectivity index (χ1v) is 9.22. The zero-order chi connectivity index (χ0) is 18.5. The summed E-state index contributed by atoms with van der Waals surface area (Å²) < 4.78 is 2.32. The van der Waals surface area contributed by atoms with Crippen molar-refractivity contribution < 1.29 is 0 Å². The van der Waals surface area contributed by atoms with E-state index in [1.807, 2.05) is 26.0 Å². The average Bonchev–Trinajstić information content (AvgIpc) is 3.04. The molecule has 1 nitrogen and oxygen atoms in total. The smallest absolute Gasteiger partial charge is 0.0547 e. The van der Waals surface area contributed by atoms with Gasteiger partial charge in [0, 0.05) is 16.6 Å². The van der Waals surface area contributed by atoms with Gasteiger partial charge in [0.1, 0.15) is 0 Å². The Hall–Kier alpha value is -3.06. The van der Waals surface area contributed by atoms with Crippen LogP contribution in [0, 0.1) is 0 Å². The Morgan fingerprint density at radius 3 is 2.23 bits per heavy atom. The summed E-state index contributed by atoms with van der Waals surface area (Å²) in [6.45, 7) is 10.1. The van der Waals surface area contributed by atoms with Crippen molar-refractivity contribution in [1.82, 2.24) is 4.57 Å². The second kappa shape index (κ2) is 7.88. The molecule has 0 bridgehead atoms. The first-order valence-electron chi connectivity index (χ1n) is 9.22. The van der Waals surface area contributed by atoms with Crippen LogP contribution in [0.4, 0.5) is 0 Å². The highest BCUT2D eigenvalue weighted by Crippen LogP contribution is 2.36. The molecule has 1 heterocycles. The number of para-hydroxylation sites is 1. The van der Waals surface area contributed by atoms with Crippen molar-refractivity contribution in [2.45, 2.75) is 20.8 Å². The Labute approximate surface area is 155 Å². The van der Waals surface area contributed by atoms with E-state index in [-0.39, 0.29) is 0 Å². The first-order chi connectivity index (χ1) is 12.8. The van der Waals surface area contributed by atoms with Crippen molar-refractivity contribution in [2.24, 2.45) is 0 Å². The van der Waals surface area contributed by atoms with E-state index in [1.165, 1.54) is 38.6 Å². The van der Waals surface area contributed by atoms with Gasteiger partial charge in [0.15, 0.2) is 0 Å². The van der Waals surface area contributed by atoms with Crippen molar-refractivity contribution in [1.29, 1.82) is 0 Å². The minimum Gasteiger partial charge on any atom is -0.309 e. The topological polar surface area (TPSA) is 4.93 Å². The van der Waals surface area contributed by atoms with Gasteiger partial charge in [0.2, 0.25) is 0 Å². The third-order valence-corrected chi connectivity index (χ3v) is 4.48. The fourth-order valence-electron chi connectivity index (χ4n) is 3.49. The number of aromatic nitrogens is 1. The van der Waals surface area contributed by atoms with Crippen LogP contribution in [0.15, 0.2) is 79.4 Å². The van der Waals surface area contributed by atoms with Gasteiger partial charge in [-0.05, 0) is 42.0 Å². The van der Waals surface area contributed by atoms with Crippen molar-refractivity contribution in [3.63, 3.8) is 0 Å². The summed E-state index contributed by atoms with van der Waals surface area (Å²) in [7, 11) is 0. The Balaban J connectivity index is 0.000000948. The Morgan fingerprint density at radius 2 is 1.54 bits per heavy atom. The molecule has 0 fully saturated rings. The highest BCUT2D eigenvalue weighted by atomic mass is 15.0. The monoisotopic (exact) mass is 339 g/mol. The molecule has 0 aliphatic rings. The van der Waals surface area contributed by atoms with Crippen LogP contribution in [0.25, 0.3) is 39.5 Å². The molecule has 4 rings (SSSR count). The van der Waals surface area contributed by atoms with Gasteiger partial charge in [-0.15, -0.1) is 0 Å². The Morgan fingerprint density at radius 1 is 0.846 bits per heavy atom. The molecule has 0 saturated carbocycles. The lowest BCUT2D eigenvalue weighted by molar-refractivity contribution is 1.10. The second-order valence-electron chi connectivity index (χ2n) is 5.85. The molecule has 0 unspecified atom stereocenters. The minimum atomic E-state index is 1.17. The first kappa shape index (κ1) is 17.8. The maximum atomic E-state index is 4.09. The van der Waals surface area contributed by atoms with Crippen molar-refractivity contribution in [2.75, 3.05) is 0 Å². The van der Waals surface area contributed by atoms with E-state index in [0.29, 0.717) is 0 Å². The van der Waals surface area contributed by atoms with Crippen LogP contribution < -0.4 is 0 Å². The molecule has 0 saturated heterocycles. The summed E-state index contributed by atoms with van der Waals surface area (Å²) in [5, 5.41) is 3.79. The van der Waals surface area contributed by atoms with E-state index in [9.17, 15) is 0 Å². The predicted octanol–water partition coefficient (Wildman–Crippen LogP) is 7.49. The summed E-state index contributed by atoms with van der Waals surface area (Å²) in [5.41, 5.74) is 4.73. The van der Waals surface area contributed by atoms with Crippen LogP contribution in [-0.4, -0.2) is 4.57 Å². The van der Waals surface area contributed by atoms with Gasteiger partial charge in [-0.25, -0.2) is 0 Å². The number of rotatable bonds is 3. The molecule has 0 radical (unpaired) electrons. The van der Waals surface area contributed by atoms with E-state index in [0.717, 1.165) is 0 Å². The summed E-state index contributed by atoms with van der Waals surface area (Å²) in [5.74, 6) is 0. The van der Waals surface area contributed by atoms with E-state index in [2.05, 4.69) is 90.9 Å². The Kier molecular flexibility index (Phi) is 5.38. The lowest BCUT2D eigenvalue weighted by Gasteiger charge is -2.09. The maximum absolute atomic E-state index is 4.09. The third-order valence-electron chi connectivity index (χ3n) is 4.48.